The second kappa shape index (κ2) is 11.9. The van der Waals surface area contributed by atoms with Crippen LogP contribution in [0.3, 0.4) is 0 Å². The molecule has 2 heterocycles. The molecule has 9 nitrogen and oxygen atoms in total. The number of halogens is 7. The minimum atomic E-state index is -2.77. The van der Waals surface area contributed by atoms with Crippen molar-refractivity contribution in [1.82, 2.24) is 4.90 Å². The summed E-state index contributed by atoms with van der Waals surface area (Å²) in [5, 5.41) is 20.8. The minimum Gasteiger partial charge on any atom is -0.508 e. The number of nitrogens with zero attached hydrogens (tertiary/aromatic N) is 2. The van der Waals surface area contributed by atoms with Crippen molar-refractivity contribution in [2.75, 3.05) is 18.6 Å². The normalized spacial score (nSPS) is 28.5. The average molecular weight is 751 g/mol. The number of anilines is 1. The third-order valence-corrected chi connectivity index (χ3v) is 11.8. The Hall–Kier alpha value is -4.69. The molecule has 4 amide bonds. The van der Waals surface area contributed by atoms with Crippen LogP contribution in [0.5, 0.6) is 17.2 Å². The van der Waals surface area contributed by atoms with Crippen LogP contribution in [0.25, 0.3) is 0 Å². The Kier molecular flexibility index (Phi) is 8.14. The molecular formula is C35H25Cl2F5N2O7. The van der Waals surface area contributed by atoms with Crippen molar-refractivity contribution in [1.29, 1.82) is 0 Å². The van der Waals surface area contributed by atoms with Gasteiger partial charge in [-0.05, 0) is 48.9 Å². The van der Waals surface area contributed by atoms with Gasteiger partial charge < -0.3 is 14.9 Å². The van der Waals surface area contributed by atoms with E-state index in [0.717, 1.165) is 11.0 Å². The van der Waals surface area contributed by atoms with Crippen LogP contribution in [0.2, 0.25) is 0 Å². The van der Waals surface area contributed by atoms with Crippen LogP contribution in [-0.4, -0.2) is 62.1 Å². The number of aromatic hydroxyl groups is 2. The van der Waals surface area contributed by atoms with Gasteiger partial charge in [0.25, 0.3) is 11.8 Å². The summed E-state index contributed by atoms with van der Waals surface area (Å²) in [5.41, 5.74) is -1.11. The summed E-state index contributed by atoms with van der Waals surface area (Å²) < 4.78 is 78.4. The molecule has 0 aromatic heterocycles. The molecule has 266 valence electrons. The van der Waals surface area contributed by atoms with Gasteiger partial charge >= 0.3 is 0 Å². The van der Waals surface area contributed by atoms with E-state index in [1.807, 2.05) is 0 Å². The molecule has 0 radical (unpaired) electrons. The van der Waals surface area contributed by atoms with Crippen molar-refractivity contribution < 1.29 is 56.1 Å². The topological polar surface area (TPSA) is 124 Å². The molecule has 2 aliphatic carbocycles. The SMILES string of the molecule is COc1ccc([C@H]2C3=CC[C@@H]4C(=O)N(CCc5ccc(O)cc5)C(=O)[C@@H]4[C@@H]3C[C@@]3(Cl)C(=O)N(c4c(F)c(F)c(F)c(F)c4F)C(=O)[C@@]23Cl)c(O)c1. The fourth-order valence-electron chi connectivity index (χ4n) is 8.00. The lowest BCUT2D eigenvalue weighted by Gasteiger charge is -2.50. The zero-order valence-electron chi connectivity index (χ0n) is 26.2. The number of allylic oxidation sites excluding steroid dienone is 2. The maximum atomic E-state index is 15.2. The predicted octanol–water partition coefficient (Wildman–Crippen LogP) is 5.61. The lowest BCUT2D eigenvalue weighted by molar-refractivity contribution is -0.140. The van der Waals surface area contributed by atoms with Crippen LogP contribution >= 0.6 is 23.2 Å². The molecule has 3 fully saturated rings. The number of hydrogen-bond acceptors (Lipinski definition) is 7. The lowest BCUT2D eigenvalue weighted by atomic mass is 9.56. The van der Waals surface area contributed by atoms with Crippen molar-refractivity contribution in [3.63, 3.8) is 0 Å². The van der Waals surface area contributed by atoms with Crippen molar-refractivity contribution in [3.8, 4) is 17.2 Å². The second-order valence-electron chi connectivity index (χ2n) is 12.9. The summed E-state index contributed by atoms with van der Waals surface area (Å²) in [6.07, 6.45) is 1.06. The van der Waals surface area contributed by atoms with Gasteiger partial charge in [-0.1, -0.05) is 29.8 Å². The number of fused-ring (bicyclic) bond motifs is 4. The summed E-state index contributed by atoms with van der Waals surface area (Å²) in [6.45, 7) is -0.0445. The molecule has 4 aliphatic rings. The molecule has 1 saturated carbocycles. The third-order valence-electron chi connectivity index (χ3n) is 10.4. The number of hydrogen-bond donors (Lipinski definition) is 2. The number of ether oxygens (including phenoxy) is 1. The van der Waals surface area contributed by atoms with Crippen LogP contribution in [0.4, 0.5) is 27.6 Å². The molecule has 2 aliphatic heterocycles. The largest absolute Gasteiger partial charge is 0.508 e. The molecular weight excluding hydrogens is 726 g/mol. The van der Waals surface area contributed by atoms with E-state index in [2.05, 4.69) is 0 Å². The highest BCUT2D eigenvalue weighted by Crippen LogP contribution is 2.66. The monoisotopic (exact) mass is 750 g/mol. The van der Waals surface area contributed by atoms with Gasteiger partial charge in [0, 0.05) is 24.1 Å². The molecule has 2 N–H and O–H groups in total. The maximum absolute atomic E-state index is 15.2. The van der Waals surface area contributed by atoms with Crippen molar-refractivity contribution in [2.24, 2.45) is 17.8 Å². The van der Waals surface area contributed by atoms with Gasteiger partial charge in [0.2, 0.25) is 17.6 Å². The van der Waals surface area contributed by atoms with Crippen LogP contribution in [0.1, 0.15) is 29.9 Å². The molecule has 51 heavy (non-hydrogen) atoms. The zero-order valence-corrected chi connectivity index (χ0v) is 27.7. The van der Waals surface area contributed by atoms with Gasteiger partial charge in [-0.2, -0.15) is 0 Å². The summed E-state index contributed by atoms with van der Waals surface area (Å²) in [4.78, 5) is 51.7. The van der Waals surface area contributed by atoms with E-state index >= 15 is 8.78 Å². The maximum Gasteiger partial charge on any atom is 0.258 e. The van der Waals surface area contributed by atoms with Crippen LogP contribution in [-0.2, 0) is 25.6 Å². The first-order chi connectivity index (χ1) is 24.1. The second-order valence-corrected chi connectivity index (χ2v) is 14.1. The van der Waals surface area contributed by atoms with Gasteiger partial charge in [0.05, 0.1) is 18.9 Å². The first kappa shape index (κ1) is 34.7. The number of phenolic OH excluding ortho intramolecular Hbond substituents is 2. The van der Waals surface area contributed by atoms with E-state index in [1.54, 1.807) is 12.1 Å². The molecule has 6 atom stereocenters. The smallest absolute Gasteiger partial charge is 0.258 e. The number of imide groups is 2. The molecule has 2 saturated heterocycles. The molecule has 3 aromatic carbocycles. The summed E-state index contributed by atoms with van der Waals surface area (Å²) in [7, 11) is 1.30. The Bertz CT molecular complexity index is 2070. The van der Waals surface area contributed by atoms with E-state index < -0.39 is 104 Å². The Morgan fingerprint density at radius 2 is 1.47 bits per heavy atom. The van der Waals surface area contributed by atoms with E-state index in [-0.39, 0.29) is 46.9 Å². The van der Waals surface area contributed by atoms with Crippen molar-refractivity contribution in [2.45, 2.75) is 34.9 Å². The highest BCUT2D eigenvalue weighted by atomic mass is 35.5. The summed E-state index contributed by atoms with van der Waals surface area (Å²) in [5.74, 6) is -22.0. The summed E-state index contributed by atoms with van der Waals surface area (Å²) >= 11 is 14.2. The number of carbonyl (C=O) groups excluding carboxylic acids is 4. The molecule has 7 rings (SSSR count). The Morgan fingerprint density at radius 1 is 0.843 bits per heavy atom. The average Bonchev–Trinajstić information content (AvgIpc) is 3.44. The predicted molar refractivity (Wildman–Crippen MR) is 170 cm³/mol. The molecule has 0 bridgehead atoms. The highest BCUT2D eigenvalue weighted by molar-refractivity contribution is 6.58. The Balaban J connectivity index is 1.36. The first-order valence-electron chi connectivity index (χ1n) is 15.6. The Morgan fingerprint density at radius 3 is 2.08 bits per heavy atom. The van der Waals surface area contributed by atoms with Crippen molar-refractivity contribution >= 4 is 52.5 Å². The van der Waals surface area contributed by atoms with Gasteiger partial charge in [-0.15, -0.1) is 23.2 Å². The van der Waals surface area contributed by atoms with Crippen LogP contribution < -0.4 is 9.64 Å². The number of benzene rings is 3. The van der Waals surface area contributed by atoms with E-state index in [1.165, 1.54) is 37.5 Å². The number of likely N-dealkylation sites (tertiary alicyclic amines) is 1. The number of alkyl halides is 2. The highest BCUT2D eigenvalue weighted by Gasteiger charge is 2.77. The van der Waals surface area contributed by atoms with Gasteiger partial charge in [-0.3, -0.25) is 24.1 Å². The quantitative estimate of drug-likeness (QED) is 0.0839. The Labute approximate surface area is 295 Å². The van der Waals surface area contributed by atoms with Gasteiger partial charge in [0.15, 0.2) is 33.0 Å². The number of methoxy groups -OCH3 is 1. The fourth-order valence-corrected chi connectivity index (χ4v) is 8.92. The number of rotatable bonds is 6. The zero-order chi connectivity index (χ0) is 36.9. The standard InChI is InChI=1S/C35H25Cl2F5N2O7/c1-51-16-6-7-18(21(46)12-16)23-17-8-9-19-22(31(48)43(30(19)47)11-10-14-2-4-15(45)5-3-14)20(17)13-34(36)32(49)44(33(50)35(23,34)37)29-27(41)25(39)24(38)26(40)28(29)42/h2-8,12,19-20,22-23,45-46H,9-11,13H2,1H3/t19-,20+,22-,23+,34+,35-/m0/s1. The van der Waals surface area contributed by atoms with Crippen LogP contribution in [0.15, 0.2) is 54.1 Å². The van der Waals surface area contributed by atoms with E-state index in [9.17, 15) is 42.6 Å². The number of carbonyl (C=O) groups is 4. The third kappa shape index (κ3) is 4.71. The van der Waals surface area contributed by atoms with E-state index in [0.29, 0.717) is 5.56 Å². The lowest BCUT2D eigenvalue weighted by Crippen LogP contribution is -2.60. The molecule has 3 aromatic rings. The first-order valence-corrected chi connectivity index (χ1v) is 16.3. The molecule has 0 unspecified atom stereocenters. The molecule has 16 heteroatoms. The molecule has 0 spiro atoms. The fraction of sp³-hybridized carbons (Fsp3) is 0.314. The van der Waals surface area contributed by atoms with Crippen molar-refractivity contribution in [3.05, 3.63) is 94.3 Å². The minimum absolute atomic E-state index is 0.0236. The van der Waals surface area contributed by atoms with Gasteiger partial charge in [-0.25, -0.2) is 26.9 Å². The van der Waals surface area contributed by atoms with Crippen LogP contribution in [0, 0.1) is 46.8 Å². The van der Waals surface area contributed by atoms with E-state index in [4.69, 9.17) is 27.9 Å². The number of amides is 4. The summed E-state index contributed by atoms with van der Waals surface area (Å²) in [6, 6.07) is 9.96. The number of phenols is 2. The van der Waals surface area contributed by atoms with Gasteiger partial charge in [0.1, 0.15) is 22.9 Å².